The molecule has 5 rings (SSSR count). The molecule has 8 heteroatoms. The van der Waals surface area contributed by atoms with Crippen molar-refractivity contribution in [3.05, 3.63) is 106 Å². The lowest BCUT2D eigenvalue weighted by Crippen LogP contribution is -2.29. The number of aryl methyl sites for hydroxylation is 1. The van der Waals surface area contributed by atoms with Crippen LogP contribution < -0.4 is 10.2 Å². The van der Waals surface area contributed by atoms with Crippen molar-refractivity contribution in [1.82, 2.24) is 10.3 Å². The number of ether oxygens (including phenoxy) is 1. The van der Waals surface area contributed by atoms with Crippen molar-refractivity contribution in [2.75, 3.05) is 12.0 Å². The van der Waals surface area contributed by atoms with Gasteiger partial charge in [0, 0.05) is 21.9 Å². The molecule has 1 saturated heterocycles. The predicted octanol–water partition coefficient (Wildman–Crippen LogP) is 6.38. The SMILES string of the molecule is COC(=O)c1ccc(-c2ccc(C3C(c4ccccn4)NC(=S)N3c3ccc(Br)c(C)c3)o2)cc1. The molecule has 176 valence electrons. The Labute approximate surface area is 217 Å². The summed E-state index contributed by atoms with van der Waals surface area (Å²) in [6, 6.07) is 22.6. The van der Waals surface area contributed by atoms with Gasteiger partial charge in [-0.15, -0.1) is 0 Å². The van der Waals surface area contributed by atoms with E-state index in [9.17, 15) is 4.79 Å². The molecular weight excluding hydrogens is 526 g/mol. The number of furan rings is 1. The molecule has 0 bridgehead atoms. The van der Waals surface area contributed by atoms with E-state index in [1.807, 2.05) is 61.5 Å². The fourth-order valence-corrected chi connectivity index (χ4v) is 4.85. The molecule has 0 radical (unpaired) electrons. The quantitative estimate of drug-likeness (QED) is 0.230. The zero-order valence-electron chi connectivity index (χ0n) is 19.1. The molecule has 6 nitrogen and oxygen atoms in total. The summed E-state index contributed by atoms with van der Waals surface area (Å²) in [5, 5.41) is 4.05. The number of esters is 1. The average Bonchev–Trinajstić information content (AvgIpc) is 3.50. The lowest BCUT2D eigenvalue weighted by Gasteiger charge is -2.26. The number of carbonyl (C=O) groups is 1. The maximum Gasteiger partial charge on any atom is 0.337 e. The lowest BCUT2D eigenvalue weighted by atomic mass is 10.0. The molecule has 1 N–H and O–H groups in total. The van der Waals surface area contributed by atoms with Crippen LogP contribution in [0.25, 0.3) is 11.3 Å². The maximum atomic E-state index is 11.8. The molecular formula is C27H22BrN3O3S. The maximum absolute atomic E-state index is 11.8. The molecule has 1 aliphatic heterocycles. The highest BCUT2D eigenvalue weighted by molar-refractivity contribution is 9.10. The first-order valence-electron chi connectivity index (χ1n) is 11.0. The van der Waals surface area contributed by atoms with Crippen LogP contribution in [0, 0.1) is 6.92 Å². The summed E-state index contributed by atoms with van der Waals surface area (Å²) in [7, 11) is 1.37. The Morgan fingerprint density at radius 1 is 1.11 bits per heavy atom. The van der Waals surface area contributed by atoms with Gasteiger partial charge in [0.2, 0.25) is 0 Å². The molecule has 0 aliphatic carbocycles. The van der Waals surface area contributed by atoms with Crippen molar-refractivity contribution in [2.24, 2.45) is 0 Å². The monoisotopic (exact) mass is 547 g/mol. The van der Waals surface area contributed by atoms with Gasteiger partial charge in [0.1, 0.15) is 17.6 Å². The van der Waals surface area contributed by atoms with E-state index in [2.05, 4.69) is 37.2 Å². The number of thiocarbonyl (C=S) groups is 1. The summed E-state index contributed by atoms with van der Waals surface area (Å²) in [4.78, 5) is 18.4. The molecule has 2 aromatic heterocycles. The van der Waals surface area contributed by atoms with E-state index in [1.54, 1.807) is 18.3 Å². The van der Waals surface area contributed by atoms with Crippen LogP contribution in [0.15, 0.2) is 87.9 Å². The topological polar surface area (TPSA) is 67.6 Å². The van der Waals surface area contributed by atoms with Crippen LogP contribution in [-0.4, -0.2) is 23.2 Å². The molecule has 1 fully saturated rings. The summed E-state index contributed by atoms with van der Waals surface area (Å²) in [6.07, 6.45) is 1.78. The number of hydrogen-bond donors (Lipinski definition) is 1. The normalized spacial score (nSPS) is 17.3. The van der Waals surface area contributed by atoms with Crippen molar-refractivity contribution in [3.8, 4) is 11.3 Å². The Balaban J connectivity index is 1.55. The number of nitrogens with zero attached hydrogens (tertiary/aromatic N) is 2. The van der Waals surface area contributed by atoms with Crippen LogP contribution >= 0.6 is 28.1 Å². The second-order valence-electron chi connectivity index (χ2n) is 8.20. The fraction of sp³-hybridized carbons (Fsp3) is 0.148. The number of halogens is 1. The highest BCUT2D eigenvalue weighted by Crippen LogP contribution is 2.43. The third-order valence-corrected chi connectivity index (χ3v) is 7.23. The Bertz CT molecular complexity index is 1390. The number of carbonyl (C=O) groups excluding carboxylic acids is 1. The van der Waals surface area contributed by atoms with Crippen molar-refractivity contribution in [2.45, 2.75) is 19.0 Å². The van der Waals surface area contributed by atoms with E-state index < -0.39 is 0 Å². The number of anilines is 1. The number of pyridine rings is 1. The van der Waals surface area contributed by atoms with Crippen LogP contribution in [0.2, 0.25) is 0 Å². The van der Waals surface area contributed by atoms with Gasteiger partial charge in [-0.05, 0) is 79.3 Å². The van der Waals surface area contributed by atoms with E-state index in [0.29, 0.717) is 16.4 Å². The first kappa shape index (κ1) is 23.3. The van der Waals surface area contributed by atoms with Crippen molar-refractivity contribution in [1.29, 1.82) is 0 Å². The van der Waals surface area contributed by atoms with Gasteiger partial charge in [-0.25, -0.2) is 4.79 Å². The number of methoxy groups -OCH3 is 1. The molecule has 0 saturated carbocycles. The minimum Gasteiger partial charge on any atom is -0.465 e. The lowest BCUT2D eigenvalue weighted by molar-refractivity contribution is 0.0600. The van der Waals surface area contributed by atoms with Crippen LogP contribution in [-0.2, 0) is 4.74 Å². The Kier molecular flexibility index (Phi) is 6.40. The third-order valence-electron chi connectivity index (χ3n) is 6.03. The van der Waals surface area contributed by atoms with E-state index >= 15 is 0 Å². The molecule has 1 aliphatic rings. The van der Waals surface area contributed by atoms with Gasteiger partial charge in [0.25, 0.3) is 0 Å². The van der Waals surface area contributed by atoms with Crippen LogP contribution in [0.4, 0.5) is 5.69 Å². The zero-order valence-corrected chi connectivity index (χ0v) is 21.5. The van der Waals surface area contributed by atoms with Gasteiger partial charge in [0.05, 0.1) is 24.4 Å². The molecule has 0 amide bonds. The van der Waals surface area contributed by atoms with Gasteiger partial charge in [0.15, 0.2) is 5.11 Å². The number of nitrogens with one attached hydrogen (secondary N) is 1. The summed E-state index contributed by atoms with van der Waals surface area (Å²) in [6.45, 7) is 2.05. The van der Waals surface area contributed by atoms with E-state index in [1.165, 1.54) is 7.11 Å². The second kappa shape index (κ2) is 9.64. The second-order valence-corrected chi connectivity index (χ2v) is 9.44. The molecule has 35 heavy (non-hydrogen) atoms. The van der Waals surface area contributed by atoms with Gasteiger partial charge in [-0.1, -0.05) is 34.1 Å². The summed E-state index contributed by atoms with van der Waals surface area (Å²) in [5.74, 6) is 1.07. The Hall–Kier alpha value is -3.49. The molecule has 2 unspecified atom stereocenters. The van der Waals surface area contributed by atoms with E-state index in [4.69, 9.17) is 21.4 Å². The predicted molar refractivity (Wildman–Crippen MR) is 142 cm³/mol. The van der Waals surface area contributed by atoms with Gasteiger partial charge < -0.3 is 19.4 Å². The summed E-state index contributed by atoms with van der Waals surface area (Å²) >= 11 is 9.38. The zero-order chi connectivity index (χ0) is 24.5. The molecule has 0 spiro atoms. The van der Waals surface area contributed by atoms with Gasteiger partial charge >= 0.3 is 5.97 Å². The first-order valence-corrected chi connectivity index (χ1v) is 12.2. The third kappa shape index (κ3) is 4.47. The van der Waals surface area contributed by atoms with Crippen molar-refractivity contribution >= 4 is 44.9 Å². The van der Waals surface area contributed by atoms with Crippen LogP contribution in [0.1, 0.15) is 39.5 Å². The first-order chi connectivity index (χ1) is 17.0. The molecule has 2 atom stereocenters. The number of benzene rings is 2. The largest absolute Gasteiger partial charge is 0.465 e. The van der Waals surface area contributed by atoms with Crippen molar-refractivity contribution < 1.29 is 13.9 Å². The van der Waals surface area contributed by atoms with E-state index in [0.717, 1.165) is 32.7 Å². The number of hydrogen-bond acceptors (Lipinski definition) is 5. The molecule has 2 aromatic carbocycles. The van der Waals surface area contributed by atoms with Crippen LogP contribution in [0.3, 0.4) is 0 Å². The molecule has 4 aromatic rings. The minimum absolute atomic E-state index is 0.201. The van der Waals surface area contributed by atoms with Gasteiger partial charge in [-0.3, -0.25) is 4.98 Å². The highest BCUT2D eigenvalue weighted by Gasteiger charge is 2.42. The van der Waals surface area contributed by atoms with Crippen molar-refractivity contribution in [3.63, 3.8) is 0 Å². The summed E-state index contributed by atoms with van der Waals surface area (Å²) < 4.78 is 12.2. The highest BCUT2D eigenvalue weighted by atomic mass is 79.9. The van der Waals surface area contributed by atoms with Gasteiger partial charge in [-0.2, -0.15) is 0 Å². The molecule has 3 heterocycles. The fourth-order valence-electron chi connectivity index (χ4n) is 4.26. The number of aromatic nitrogens is 1. The van der Waals surface area contributed by atoms with Crippen LogP contribution in [0.5, 0.6) is 0 Å². The van der Waals surface area contributed by atoms with E-state index in [-0.39, 0.29) is 18.1 Å². The standard InChI is InChI=1S/C27H22BrN3O3S/c1-16-15-19(10-11-20(16)28)31-25(24(30-27(31)35)21-5-3-4-14-29-21)23-13-12-22(34-23)17-6-8-18(9-7-17)26(32)33-2/h3-15,24-25H,1-2H3,(H,30,35). The Morgan fingerprint density at radius 3 is 2.60 bits per heavy atom. The number of rotatable bonds is 5. The Morgan fingerprint density at radius 2 is 1.91 bits per heavy atom. The smallest absolute Gasteiger partial charge is 0.337 e. The average molecular weight is 548 g/mol. The summed E-state index contributed by atoms with van der Waals surface area (Å²) in [5.41, 5.74) is 4.29. The minimum atomic E-state index is -0.374.